The van der Waals surface area contributed by atoms with E-state index in [4.69, 9.17) is 4.52 Å². The molecule has 0 radical (unpaired) electrons. The van der Waals surface area contributed by atoms with Gasteiger partial charge in [-0.1, -0.05) is 25.1 Å². The number of hydrogen-bond donors (Lipinski definition) is 0. The van der Waals surface area contributed by atoms with E-state index in [1.54, 1.807) is 11.3 Å². The maximum absolute atomic E-state index is 12.5. The fourth-order valence-electron chi connectivity index (χ4n) is 2.61. The van der Waals surface area contributed by atoms with E-state index in [0.29, 0.717) is 18.1 Å². The van der Waals surface area contributed by atoms with Gasteiger partial charge in [0, 0.05) is 17.3 Å². The number of hydrogen-bond acceptors (Lipinski definition) is 5. The van der Waals surface area contributed by atoms with Crippen molar-refractivity contribution in [2.75, 3.05) is 6.54 Å². The Bertz CT molecular complexity index is 606. The number of likely N-dealkylation sites (tertiary alicyclic amines) is 1. The van der Waals surface area contributed by atoms with Crippen molar-refractivity contribution in [3.8, 4) is 0 Å². The van der Waals surface area contributed by atoms with Gasteiger partial charge in [0.15, 0.2) is 5.82 Å². The number of amides is 1. The van der Waals surface area contributed by atoms with Crippen LogP contribution in [-0.2, 0) is 11.2 Å². The van der Waals surface area contributed by atoms with E-state index in [1.807, 2.05) is 36.3 Å². The van der Waals surface area contributed by atoms with Crippen LogP contribution in [0.5, 0.6) is 0 Å². The van der Waals surface area contributed by atoms with Gasteiger partial charge < -0.3 is 9.42 Å². The lowest BCUT2D eigenvalue weighted by atomic mass is 10.2. The van der Waals surface area contributed by atoms with Gasteiger partial charge in [-0.2, -0.15) is 4.98 Å². The fraction of sp³-hybridized carbons (Fsp3) is 0.533. The van der Waals surface area contributed by atoms with Gasteiger partial charge in [-0.15, -0.1) is 11.3 Å². The molecule has 2 aromatic heterocycles. The van der Waals surface area contributed by atoms with Gasteiger partial charge >= 0.3 is 0 Å². The minimum absolute atomic E-state index is 0.0336. The highest BCUT2D eigenvalue weighted by atomic mass is 32.1. The summed E-state index contributed by atoms with van der Waals surface area (Å²) in [6.07, 6.45) is 2.36. The molecule has 0 aromatic carbocycles. The van der Waals surface area contributed by atoms with Crippen molar-refractivity contribution in [3.63, 3.8) is 0 Å². The summed E-state index contributed by atoms with van der Waals surface area (Å²) in [7, 11) is 0. The SMILES string of the molecule is CC(C)c1nc([C@@H]2CCCN2C(=O)Cc2cccs2)no1. The Morgan fingerprint density at radius 2 is 2.43 bits per heavy atom. The predicted octanol–water partition coefficient (Wildman–Crippen LogP) is 3.16. The van der Waals surface area contributed by atoms with Crippen LogP contribution in [0.3, 0.4) is 0 Å². The van der Waals surface area contributed by atoms with Crippen LogP contribution < -0.4 is 0 Å². The van der Waals surface area contributed by atoms with Crippen LogP contribution in [0.25, 0.3) is 0 Å². The van der Waals surface area contributed by atoms with E-state index in [2.05, 4.69) is 10.1 Å². The summed E-state index contributed by atoms with van der Waals surface area (Å²) in [6.45, 7) is 4.82. The van der Waals surface area contributed by atoms with Crippen LogP contribution in [0.1, 0.15) is 55.2 Å². The van der Waals surface area contributed by atoms with E-state index in [9.17, 15) is 4.79 Å². The normalized spacial score (nSPS) is 18.6. The molecule has 1 aliphatic rings. The average Bonchev–Trinajstić information content (AvgIpc) is 3.19. The number of thiophene rings is 1. The van der Waals surface area contributed by atoms with Gasteiger partial charge in [-0.05, 0) is 24.3 Å². The second-order valence-corrected chi connectivity index (χ2v) is 6.68. The first kappa shape index (κ1) is 14.3. The fourth-order valence-corrected chi connectivity index (χ4v) is 3.31. The van der Waals surface area contributed by atoms with Crippen LogP contribution in [0.2, 0.25) is 0 Å². The summed E-state index contributed by atoms with van der Waals surface area (Å²) >= 11 is 1.62. The Kier molecular flexibility index (Phi) is 4.05. The maximum Gasteiger partial charge on any atom is 0.229 e. The smallest absolute Gasteiger partial charge is 0.229 e. The number of nitrogens with zero attached hydrogens (tertiary/aromatic N) is 3. The van der Waals surface area contributed by atoms with Gasteiger partial charge in [-0.3, -0.25) is 4.79 Å². The Balaban J connectivity index is 1.73. The molecule has 2 aromatic rings. The van der Waals surface area contributed by atoms with E-state index < -0.39 is 0 Å². The minimum atomic E-state index is -0.0336. The molecule has 3 heterocycles. The summed E-state index contributed by atoms with van der Waals surface area (Å²) < 4.78 is 5.28. The van der Waals surface area contributed by atoms with Gasteiger partial charge in [0.25, 0.3) is 0 Å². The molecule has 0 bridgehead atoms. The third kappa shape index (κ3) is 3.00. The van der Waals surface area contributed by atoms with E-state index in [0.717, 1.165) is 24.3 Å². The lowest BCUT2D eigenvalue weighted by molar-refractivity contribution is -0.131. The first-order valence-electron chi connectivity index (χ1n) is 7.30. The molecule has 1 aliphatic heterocycles. The van der Waals surface area contributed by atoms with Crippen LogP contribution in [0.4, 0.5) is 0 Å². The van der Waals surface area contributed by atoms with Gasteiger partial charge in [0.1, 0.15) is 0 Å². The summed E-state index contributed by atoms with van der Waals surface area (Å²) in [5.74, 6) is 1.65. The molecule has 21 heavy (non-hydrogen) atoms. The molecule has 1 fully saturated rings. The molecule has 1 atom stereocenters. The molecular formula is C15H19N3O2S. The maximum atomic E-state index is 12.5. The highest BCUT2D eigenvalue weighted by molar-refractivity contribution is 7.10. The number of aromatic nitrogens is 2. The van der Waals surface area contributed by atoms with Crippen molar-refractivity contribution >= 4 is 17.2 Å². The summed E-state index contributed by atoms with van der Waals surface area (Å²) in [6, 6.07) is 3.94. The van der Waals surface area contributed by atoms with E-state index in [-0.39, 0.29) is 17.9 Å². The quantitative estimate of drug-likeness (QED) is 0.870. The lowest BCUT2D eigenvalue weighted by Gasteiger charge is -2.21. The minimum Gasteiger partial charge on any atom is -0.339 e. The van der Waals surface area contributed by atoms with Gasteiger partial charge in [0.05, 0.1) is 12.5 Å². The van der Waals surface area contributed by atoms with Gasteiger partial charge in [0.2, 0.25) is 11.8 Å². The second kappa shape index (κ2) is 5.97. The molecule has 0 spiro atoms. The van der Waals surface area contributed by atoms with Crippen molar-refractivity contribution in [1.82, 2.24) is 15.0 Å². The Morgan fingerprint density at radius 3 is 3.10 bits per heavy atom. The Hall–Kier alpha value is -1.69. The number of rotatable bonds is 4. The first-order valence-corrected chi connectivity index (χ1v) is 8.18. The Labute approximate surface area is 128 Å². The average molecular weight is 305 g/mol. The van der Waals surface area contributed by atoms with Crippen molar-refractivity contribution in [2.24, 2.45) is 0 Å². The number of carbonyl (C=O) groups is 1. The molecule has 0 N–H and O–H groups in total. The van der Waals surface area contributed by atoms with Crippen molar-refractivity contribution in [1.29, 1.82) is 0 Å². The molecule has 6 heteroatoms. The third-order valence-electron chi connectivity index (χ3n) is 3.73. The molecular weight excluding hydrogens is 286 g/mol. The molecule has 5 nitrogen and oxygen atoms in total. The molecule has 0 aliphatic carbocycles. The molecule has 0 saturated carbocycles. The lowest BCUT2D eigenvalue weighted by Crippen LogP contribution is -2.32. The highest BCUT2D eigenvalue weighted by Gasteiger charge is 2.33. The zero-order valence-corrected chi connectivity index (χ0v) is 13.1. The highest BCUT2D eigenvalue weighted by Crippen LogP contribution is 2.31. The Morgan fingerprint density at radius 1 is 1.57 bits per heavy atom. The summed E-state index contributed by atoms with van der Waals surface area (Å²) in [5, 5.41) is 6.07. The zero-order valence-electron chi connectivity index (χ0n) is 12.3. The molecule has 3 rings (SSSR count). The molecule has 0 unspecified atom stereocenters. The van der Waals surface area contributed by atoms with Crippen molar-refractivity contribution in [2.45, 2.75) is 45.1 Å². The van der Waals surface area contributed by atoms with Crippen LogP contribution in [0, 0.1) is 0 Å². The molecule has 1 saturated heterocycles. The van der Waals surface area contributed by atoms with Crippen molar-refractivity contribution in [3.05, 3.63) is 34.1 Å². The van der Waals surface area contributed by atoms with E-state index in [1.165, 1.54) is 0 Å². The van der Waals surface area contributed by atoms with E-state index >= 15 is 0 Å². The van der Waals surface area contributed by atoms with Crippen LogP contribution in [0.15, 0.2) is 22.0 Å². The summed E-state index contributed by atoms with van der Waals surface area (Å²) in [4.78, 5) is 19.9. The summed E-state index contributed by atoms with van der Waals surface area (Å²) in [5.41, 5.74) is 0. The first-order chi connectivity index (χ1) is 10.1. The predicted molar refractivity (Wildman–Crippen MR) is 80.1 cm³/mol. The van der Waals surface area contributed by atoms with Gasteiger partial charge in [-0.25, -0.2) is 0 Å². The molecule has 1 amide bonds. The van der Waals surface area contributed by atoms with Crippen LogP contribution >= 0.6 is 11.3 Å². The largest absolute Gasteiger partial charge is 0.339 e. The molecule has 112 valence electrons. The van der Waals surface area contributed by atoms with Crippen molar-refractivity contribution < 1.29 is 9.32 Å². The monoisotopic (exact) mass is 305 g/mol. The topological polar surface area (TPSA) is 59.2 Å². The number of carbonyl (C=O) groups excluding carboxylic acids is 1. The second-order valence-electron chi connectivity index (χ2n) is 5.65. The van der Waals surface area contributed by atoms with Crippen LogP contribution in [-0.4, -0.2) is 27.5 Å². The third-order valence-corrected chi connectivity index (χ3v) is 4.60. The standard InChI is InChI=1S/C15H19N3O2S/c1-10(2)15-16-14(17-20-15)12-6-3-7-18(12)13(19)9-11-5-4-8-21-11/h4-5,8,10,12H,3,6-7,9H2,1-2H3/t12-/m0/s1. The zero-order chi connectivity index (χ0) is 14.8.